The van der Waals surface area contributed by atoms with Crippen LogP contribution in [-0.4, -0.2) is 28.9 Å². The summed E-state index contributed by atoms with van der Waals surface area (Å²) in [5.74, 6) is -0.157. The lowest BCUT2D eigenvalue weighted by Crippen LogP contribution is -2.37. The van der Waals surface area contributed by atoms with Crippen LogP contribution in [-0.2, 0) is 4.79 Å². The fourth-order valence-corrected chi connectivity index (χ4v) is 3.31. The number of urea groups is 1. The predicted molar refractivity (Wildman–Crippen MR) is 90.8 cm³/mol. The third-order valence-corrected chi connectivity index (χ3v) is 4.73. The van der Waals surface area contributed by atoms with Crippen LogP contribution in [0.2, 0.25) is 0 Å². The minimum Gasteiger partial charge on any atom is -0.333 e. The van der Waals surface area contributed by atoms with Gasteiger partial charge in [-0.1, -0.05) is 71.1 Å². The molecule has 0 bridgehead atoms. The zero-order chi connectivity index (χ0) is 16.4. The van der Waals surface area contributed by atoms with Crippen LogP contribution in [0.3, 0.4) is 0 Å². The van der Waals surface area contributed by atoms with E-state index in [1.165, 1.54) is 69.6 Å². The molecule has 0 radical (unpaired) electrons. The fraction of sp³-hybridized carbons (Fsp3) is 0.889. The first kappa shape index (κ1) is 19.0. The molecule has 1 rings (SSSR count). The molecule has 0 saturated carbocycles. The highest BCUT2D eigenvalue weighted by Crippen LogP contribution is 2.19. The van der Waals surface area contributed by atoms with Crippen LogP contribution in [0.15, 0.2) is 0 Å². The van der Waals surface area contributed by atoms with Crippen molar-refractivity contribution in [1.82, 2.24) is 10.2 Å². The van der Waals surface area contributed by atoms with E-state index in [0.717, 1.165) is 12.8 Å². The number of imide groups is 1. The molecule has 22 heavy (non-hydrogen) atoms. The Morgan fingerprint density at radius 1 is 1.00 bits per heavy atom. The molecule has 4 nitrogen and oxygen atoms in total. The number of hydrogen-bond acceptors (Lipinski definition) is 2. The van der Waals surface area contributed by atoms with Gasteiger partial charge in [0.1, 0.15) is 0 Å². The lowest BCUT2D eigenvalue weighted by atomic mass is 10.0. The maximum absolute atomic E-state index is 11.7. The van der Waals surface area contributed by atoms with Gasteiger partial charge in [-0.05, 0) is 13.3 Å². The second-order valence-electron chi connectivity index (χ2n) is 6.66. The number of nitrogens with one attached hydrogen (secondary N) is 1. The summed E-state index contributed by atoms with van der Waals surface area (Å²) < 4.78 is 0. The number of carbonyl (C=O) groups excluding carboxylic acids is 2. The van der Waals surface area contributed by atoms with Gasteiger partial charge in [-0.25, -0.2) is 4.79 Å². The molecule has 0 aliphatic carbocycles. The van der Waals surface area contributed by atoms with Gasteiger partial charge in [0.2, 0.25) is 5.91 Å². The molecule has 1 saturated heterocycles. The quantitative estimate of drug-likeness (QED) is 0.566. The molecule has 2 unspecified atom stereocenters. The van der Waals surface area contributed by atoms with E-state index < -0.39 is 0 Å². The molecular formula is C18H34N2O2. The van der Waals surface area contributed by atoms with Crippen LogP contribution < -0.4 is 5.32 Å². The van der Waals surface area contributed by atoms with Crippen LogP contribution in [0.4, 0.5) is 4.79 Å². The number of amides is 3. The molecule has 0 spiro atoms. The van der Waals surface area contributed by atoms with E-state index in [1.54, 1.807) is 0 Å². The summed E-state index contributed by atoms with van der Waals surface area (Å²) in [6, 6.07) is -0.105. The highest BCUT2D eigenvalue weighted by molar-refractivity contribution is 5.95. The lowest BCUT2D eigenvalue weighted by Gasteiger charge is -2.19. The number of hydrogen-bond donors (Lipinski definition) is 1. The molecule has 1 heterocycles. The standard InChI is InChI=1S/C18H34N2O2/c1-4-5-6-7-8-9-10-11-12-13-14-17-15(2)20(16(3)21)18(22)19-17/h15,17H,4-14H2,1-3H3,(H,19,22). The average molecular weight is 310 g/mol. The van der Waals surface area contributed by atoms with E-state index in [4.69, 9.17) is 0 Å². The molecule has 1 fully saturated rings. The summed E-state index contributed by atoms with van der Waals surface area (Å²) in [6.45, 7) is 5.67. The Morgan fingerprint density at radius 2 is 1.50 bits per heavy atom. The summed E-state index contributed by atoms with van der Waals surface area (Å²) in [7, 11) is 0. The molecule has 0 aromatic rings. The first-order valence-electron chi connectivity index (χ1n) is 9.18. The third-order valence-electron chi connectivity index (χ3n) is 4.73. The predicted octanol–water partition coefficient (Wildman–Crippen LogP) is 4.63. The molecule has 1 aliphatic heterocycles. The highest BCUT2D eigenvalue weighted by Gasteiger charge is 2.37. The van der Waals surface area contributed by atoms with Crippen LogP contribution >= 0.6 is 0 Å². The van der Waals surface area contributed by atoms with Crippen molar-refractivity contribution >= 4 is 11.9 Å². The van der Waals surface area contributed by atoms with Crippen molar-refractivity contribution in [3.05, 3.63) is 0 Å². The summed E-state index contributed by atoms with van der Waals surface area (Å²) in [5, 5.41) is 2.93. The van der Waals surface area contributed by atoms with Crippen molar-refractivity contribution in [3.63, 3.8) is 0 Å². The maximum Gasteiger partial charge on any atom is 0.324 e. The average Bonchev–Trinajstić information content (AvgIpc) is 2.75. The molecule has 0 aromatic heterocycles. The summed E-state index contributed by atoms with van der Waals surface area (Å²) in [5.41, 5.74) is 0. The van der Waals surface area contributed by atoms with E-state index in [2.05, 4.69) is 12.2 Å². The van der Waals surface area contributed by atoms with Crippen LogP contribution in [0, 0.1) is 0 Å². The Morgan fingerprint density at radius 3 is 1.95 bits per heavy atom. The smallest absolute Gasteiger partial charge is 0.324 e. The van der Waals surface area contributed by atoms with E-state index >= 15 is 0 Å². The van der Waals surface area contributed by atoms with E-state index in [9.17, 15) is 9.59 Å². The lowest BCUT2D eigenvalue weighted by molar-refractivity contribution is -0.126. The van der Waals surface area contributed by atoms with Crippen LogP contribution in [0.1, 0.15) is 91.4 Å². The number of nitrogens with zero attached hydrogens (tertiary/aromatic N) is 1. The minimum atomic E-state index is -0.225. The Kier molecular flexibility index (Phi) is 9.17. The molecule has 4 heteroatoms. The number of rotatable bonds is 11. The van der Waals surface area contributed by atoms with Gasteiger partial charge in [-0.2, -0.15) is 0 Å². The zero-order valence-corrected chi connectivity index (χ0v) is 14.7. The highest BCUT2D eigenvalue weighted by atomic mass is 16.2. The Labute approximate surface area is 136 Å². The normalized spacial score (nSPS) is 21.2. The maximum atomic E-state index is 11.7. The zero-order valence-electron chi connectivity index (χ0n) is 14.7. The SMILES string of the molecule is CCCCCCCCCCCCC1NC(=O)N(C(C)=O)C1C. The van der Waals surface area contributed by atoms with Crippen molar-refractivity contribution in [3.8, 4) is 0 Å². The van der Waals surface area contributed by atoms with Gasteiger partial charge in [-0.3, -0.25) is 9.69 Å². The van der Waals surface area contributed by atoms with Gasteiger partial charge < -0.3 is 5.32 Å². The number of unbranched alkanes of at least 4 members (excludes halogenated alkanes) is 9. The van der Waals surface area contributed by atoms with E-state index in [0.29, 0.717) is 0 Å². The Hall–Kier alpha value is -1.06. The van der Waals surface area contributed by atoms with Gasteiger partial charge in [0.05, 0.1) is 12.1 Å². The summed E-state index contributed by atoms with van der Waals surface area (Å²) in [4.78, 5) is 24.5. The minimum absolute atomic E-state index is 0.0106. The number of carbonyl (C=O) groups is 2. The molecular weight excluding hydrogens is 276 g/mol. The van der Waals surface area contributed by atoms with Crippen molar-refractivity contribution in [2.45, 2.75) is 103 Å². The molecule has 0 aromatic carbocycles. The first-order chi connectivity index (χ1) is 10.6. The largest absolute Gasteiger partial charge is 0.333 e. The van der Waals surface area contributed by atoms with Crippen molar-refractivity contribution < 1.29 is 9.59 Å². The van der Waals surface area contributed by atoms with Crippen molar-refractivity contribution in [2.75, 3.05) is 0 Å². The van der Waals surface area contributed by atoms with Gasteiger partial charge in [0, 0.05) is 6.92 Å². The van der Waals surface area contributed by atoms with Crippen molar-refractivity contribution in [2.24, 2.45) is 0 Å². The first-order valence-corrected chi connectivity index (χ1v) is 9.18. The topological polar surface area (TPSA) is 49.4 Å². The fourth-order valence-electron chi connectivity index (χ4n) is 3.31. The molecule has 1 N–H and O–H groups in total. The molecule has 2 atom stereocenters. The summed E-state index contributed by atoms with van der Waals surface area (Å²) >= 11 is 0. The van der Waals surface area contributed by atoms with Crippen LogP contribution in [0.25, 0.3) is 0 Å². The monoisotopic (exact) mass is 310 g/mol. The van der Waals surface area contributed by atoms with Gasteiger partial charge in [0.15, 0.2) is 0 Å². The van der Waals surface area contributed by atoms with Gasteiger partial charge >= 0.3 is 6.03 Å². The van der Waals surface area contributed by atoms with Gasteiger partial charge in [0.25, 0.3) is 0 Å². The second kappa shape index (κ2) is 10.6. The van der Waals surface area contributed by atoms with Crippen LogP contribution in [0.5, 0.6) is 0 Å². The Bertz CT molecular complexity index is 344. The Balaban J connectivity index is 2.01. The van der Waals surface area contributed by atoms with Gasteiger partial charge in [-0.15, -0.1) is 0 Å². The third kappa shape index (κ3) is 6.37. The summed E-state index contributed by atoms with van der Waals surface area (Å²) in [6.07, 6.45) is 14.2. The second-order valence-corrected chi connectivity index (χ2v) is 6.66. The molecule has 1 aliphatic rings. The van der Waals surface area contributed by atoms with E-state index in [-0.39, 0.29) is 24.0 Å². The molecule has 3 amide bonds. The van der Waals surface area contributed by atoms with Crippen molar-refractivity contribution in [1.29, 1.82) is 0 Å². The van der Waals surface area contributed by atoms with E-state index in [1.807, 2.05) is 6.92 Å². The molecule has 128 valence electrons.